The summed E-state index contributed by atoms with van der Waals surface area (Å²) in [4.78, 5) is 4.25. The second-order valence-electron chi connectivity index (χ2n) is 5.85. The molecular weight excluding hydrogens is 324 g/mol. The third kappa shape index (κ3) is 3.79. The predicted molar refractivity (Wildman–Crippen MR) is 96.8 cm³/mol. The Morgan fingerprint density at radius 3 is 1.81 bits per heavy atom. The zero-order valence-corrected chi connectivity index (χ0v) is 15.0. The molecule has 112 valence electrons. The summed E-state index contributed by atoms with van der Waals surface area (Å²) in [5, 5.41) is 0. The van der Waals surface area contributed by atoms with Crippen molar-refractivity contribution in [2.24, 2.45) is 0 Å². The van der Waals surface area contributed by atoms with Gasteiger partial charge in [-0.1, -0.05) is 28.1 Å². The fourth-order valence-corrected chi connectivity index (χ4v) is 2.83. The molecule has 0 aliphatic rings. The molecule has 3 heteroatoms. The maximum Gasteiger partial charge on any atom is 0.0372 e. The minimum Gasteiger partial charge on any atom is -0.378 e. The highest BCUT2D eigenvalue weighted by atomic mass is 79.9. The van der Waals surface area contributed by atoms with Gasteiger partial charge in [0.1, 0.15) is 0 Å². The molecule has 0 fully saturated rings. The predicted octanol–water partition coefficient (Wildman–Crippen LogP) is 4.48. The maximum absolute atomic E-state index is 3.70. The smallest absolute Gasteiger partial charge is 0.0372 e. The van der Waals surface area contributed by atoms with Gasteiger partial charge in [0.2, 0.25) is 0 Å². The van der Waals surface area contributed by atoms with Crippen molar-refractivity contribution in [1.29, 1.82) is 0 Å². The average Bonchev–Trinajstić information content (AvgIpc) is 2.42. The molecule has 0 heterocycles. The van der Waals surface area contributed by atoms with Crippen molar-refractivity contribution in [3.8, 4) is 0 Å². The lowest BCUT2D eigenvalue weighted by Gasteiger charge is -2.17. The lowest BCUT2D eigenvalue weighted by molar-refractivity contribution is 1.09. The van der Waals surface area contributed by atoms with Crippen LogP contribution in [0.2, 0.25) is 0 Å². The van der Waals surface area contributed by atoms with Crippen LogP contribution in [0, 0.1) is 6.92 Å². The molecule has 0 unspecified atom stereocenters. The summed E-state index contributed by atoms with van der Waals surface area (Å²) in [6, 6.07) is 13.2. The van der Waals surface area contributed by atoms with Gasteiger partial charge in [0.25, 0.3) is 0 Å². The van der Waals surface area contributed by atoms with E-state index in [1.807, 2.05) is 0 Å². The Morgan fingerprint density at radius 1 is 0.810 bits per heavy atom. The standard InChI is InChI=1S/C18H23BrN2/c1-13-10-16(20(2)3)8-6-14(13)11-15-7-9-17(21(4)5)12-18(15)19/h6-10,12H,11H2,1-5H3. The summed E-state index contributed by atoms with van der Waals surface area (Å²) in [7, 11) is 8.27. The van der Waals surface area contributed by atoms with Crippen LogP contribution < -0.4 is 9.80 Å². The fraction of sp³-hybridized carbons (Fsp3) is 0.333. The Balaban J connectivity index is 2.26. The number of halogens is 1. The van der Waals surface area contributed by atoms with E-state index in [2.05, 4.69) is 97.2 Å². The molecule has 2 nitrogen and oxygen atoms in total. The van der Waals surface area contributed by atoms with Gasteiger partial charge in [0, 0.05) is 44.0 Å². The quantitative estimate of drug-likeness (QED) is 0.805. The van der Waals surface area contributed by atoms with E-state index in [-0.39, 0.29) is 0 Å². The van der Waals surface area contributed by atoms with Gasteiger partial charge in [0.05, 0.1) is 0 Å². The number of hydrogen-bond donors (Lipinski definition) is 0. The van der Waals surface area contributed by atoms with E-state index < -0.39 is 0 Å². The molecule has 0 radical (unpaired) electrons. The van der Waals surface area contributed by atoms with E-state index in [0.717, 1.165) is 6.42 Å². The highest BCUT2D eigenvalue weighted by Crippen LogP contribution is 2.27. The van der Waals surface area contributed by atoms with Crippen molar-refractivity contribution >= 4 is 27.3 Å². The van der Waals surface area contributed by atoms with Crippen molar-refractivity contribution in [2.75, 3.05) is 38.0 Å². The van der Waals surface area contributed by atoms with Crippen molar-refractivity contribution in [2.45, 2.75) is 13.3 Å². The normalized spacial score (nSPS) is 10.6. The van der Waals surface area contributed by atoms with Gasteiger partial charge in [0.15, 0.2) is 0 Å². The second kappa shape index (κ2) is 6.52. The Labute approximate surface area is 136 Å². The lowest BCUT2D eigenvalue weighted by atomic mass is 9.99. The van der Waals surface area contributed by atoms with Crippen LogP contribution in [0.1, 0.15) is 16.7 Å². The van der Waals surface area contributed by atoms with Gasteiger partial charge in [-0.2, -0.15) is 0 Å². The molecule has 0 spiro atoms. The number of hydrogen-bond acceptors (Lipinski definition) is 2. The van der Waals surface area contributed by atoms with Crippen LogP contribution in [-0.2, 0) is 6.42 Å². The van der Waals surface area contributed by atoms with E-state index in [4.69, 9.17) is 0 Å². The van der Waals surface area contributed by atoms with Gasteiger partial charge >= 0.3 is 0 Å². The summed E-state index contributed by atoms with van der Waals surface area (Å²) >= 11 is 3.70. The second-order valence-corrected chi connectivity index (χ2v) is 6.71. The van der Waals surface area contributed by atoms with Crippen LogP contribution in [0.5, 0.6) is 0 Å². The third-order valence-corrected chi connectivity index (χ3v) is 4.51. The van der Waals surface area contributed by atoms with E-state index in [9.17, 15) is 0 Å². The molecule has 0 aromatic heterocycles. The minimum absolute atomic E-state index is 0.952. The monoisotopic (exact) mass is 346 g/mol. The maximum atomic E-state index is 3.70. The zero-order chi connectivity index (χ0) is 15.6. The molecule has 0 aliphatic carbocycles. The van der Waals surface area contributed by atoms with Crippen LogP contribution in [0.4, 0.5) is 11.4 Å². The summed E-state index contributed by atoms with van der Waals surface area (Å²) in [6.45, 7) is 2.18. The first-order valence-corrected chi connectivity index (χ1v) is 7.90. The molecule has 2 aromatic rings. The summed E-state index contributed by atoms with van der Waals surface area (Å²) in [5.74, 6) is 0. The van der Waals surface area contributed by atoms with E-state index in [1.54, 1.807) is 0 Å². The molecule has 2 rings (SSSR count). The topological polar surface area (TPSA) is 6.48 Å². The highest BCUT2D eigenvalue weighted by Gasteiger charge is 2.07. The number of benzene rings is 2. The average molecular weight is 347 g/mol. The Morgan fingerprint density at radius 2 is 1.33 bits per heavy atom. The van der Waals surface area contributed by atoms with Crippen LogP contribution >= 0.6 is 15.9 Å². The first kappa shape index (κ1) is 15.9. The van der Waals surface area contributed by atoms with E-state index in [1.165, 1.54) is 32.5 Å². The van der Waals surface area contributed by atoms with E-state index in [0.29, 0.717) is 0 Å². The van der Waals surface area contributed by atoms with Gasteiger partial charge in [-0.15, -0.1) is 0 Å². The number of aryl methyl sites for hydroxylation is 1. The molecule has 0 amide bonds. The van der Waals surface area contributed by atoms with Crippen molar-refractivity contribution < 1.29 is 0 Å². The van der Waals surface area contributed by atoms with E-state index >= 15 is 0 Å². The van der Waals surface area contributed by atoms with Crippen LogP contribution in [0.15, 0.2) is 40.9 Å². The molecule has 2 aromatic carbocycles. The molecule has 0 bridgehead atoms. The minimum atomic E-state index is 0.952. The molecule has 0 saturated carbocycles. The lowest BCUT2D eigenvalue weighted by Crippen LogP contribution is -2.09. The van der Waals surface area contributed by atoms with Crippen LogP contribution in [0.25, 0.3) is 0 Å². The summed E-state index contributed by atoms with van der Waals surface area (Å²) < 4.78 is 1.17. The molecule has 0 atom stereocenters. The van der Waals surface area contributed by atoms with Crippen LogP contribution in [-0.4, -0.2) is 28.2 Å². The summed E-state index contributed by atoms with van der Waals surface area (Å²) in [5.41, 5.74) is 6.49. The van der Waals surface area contributed by atoms with Crippen molar-refractivity contribution in [3.63, 3.8) is 0 Å². The van der Waals surface area contributed by atoms with Gasteiger partial charge < -0.3 is 9.80 Å². The summed E-state index contributed by atoms with van der Waals surface area (Å²) in [6.07, 6.45) is 0.952. The molecule has 0 N–H and O–H groups in total. The van der Waals surface area contributed by atoms with Gasteiger partial charge in [-0.25, -0.2) is 0 Å². The number of anilines is 2. The number of rotatable bonds is 4. The number of nitrogens with zero attached hydrogens (tertiary/aromatic N) is 2. The molecule has 0 aliphatic heterocycles. The first-order chi connectivity index (χ1) is 9.88. The molecular formula is C18H23BrN2. The molecule has 0 saturated heterocycles. The largest absolute Gasteiger partial charge is 0.378 e. The van der Waals surface area contributed by atoms with Crippen LogP contribution in [0.3, 0.4) is 0 Å². The first-order valence-electron chi connectivity index (χ1n) is 7.11. The Hall–Kier alpha value is -1.48. The third-order valence-electron chi connectivity index (χ3n) is 3.78. The van der Waals surface area contributed by atoms with Gasteiger partial charge in [-0.05, 0) is 54.3 Å². The Bertz CT molecular complexity index is 578. The van der Waals surface area contributed by atoms with Crippen molar-refractivity contribution in [3.05, 3.63) is 57.6 Å². The highest BCUT2D eigenvalue weighted by molar-refractivity contribution is 9.10. The molecule has 21 heavy (non-hydrogen) atoms. The van der Waals surface area contributed by atoms with Gasteiger partial charge in [-0.3, -0.25) is 0 Å². The SMILES string of the molecule is Cc1cc(N(C)C)ccc1Cc1ccc(N(C)C)cc1Br. The Kier molecular flexibility index (Phi) is 4.94. The fourth-order valence-electron chi connectivity index (χ4n) is 2.32. The zero-order valence-electron chi connectivity index (χ0n) is 13.4. The van der Waals surface area contributed by atoms with Crippen molar-refractivity contribution in [1.82, 2.24) is 0 Å².